The van der Waals surface area contributed by atoms with Gasteiger partial charge in [-0.25, -0.2) is 8.42 Å². The van der Waals surface area contributed by atoms with Crippen molar-refractivity contribution in [3.05, 3.63) is 66.2 Å². The molecule has 0 saturated carbocycles. The highest BCUT2D eigenvalue weighted by atomic mass is 32.2. The molecule has 2 atom stereocenters. The van der Waals surface area contributed by atoms with Crippen molar-refractivity contribution in [1.29, 1.82) is 0 Å². The Bertz CT molecular complexity index is 823. The van der Waals surface area contributed by atoms with Crippen molar-refractivity contribution < 1.29 is 13.2 Å². The molecule has 1 amide bonds. The monoisotopic (exact) mass is 388 g/mol. The van der Waals surface area contributed by atoms with Gasteiger partial charge in [0.05, 0.1) is 11.9 Å². The molecule has 0 aliphatic rings. The molecular formula is C21H28N2O3S. The Balaban J connectivity index is 2.08. The third kappa shape index (κ3) is 6.10. The average Bonchev–Trinajstić information content (AvgIpc) is 2.64. The Hall–Kier alpha value is -2.34. The van der Waals surface area contributed by atoms with Crippen molar-refractivity contribution in [2.75, 3.05) is 10.6 Å². The zero-order chi connectivity index (χ0) is 19.9. The summed E-state index contributed by atoms with van der Waals surface area (Å²) in [6.45, 7) is 3.76. The second-order valence-corrected chi connectivity index (χ2v) is 8.61. The highest BCUT2D eigenvalue weighted by Gasteiger charge is 2.31. The van der Waals surface area contributed by atoms with Gasteiger partial charge in [0.15, 0.2) is 0 Å². The molecule has 0 spiro atoms. The van der Waals surface area contributed by atoms with Gasteiger partial charge in [-0.15, -0.1) is 0 Å². The van der Waals surface area contributed by atoms with Crippen molar-refractivity contribution in [3.63, 3.8) is 0 Å². The van der Waals surface area contributed by atoms with Crippen LogP contribution in [-0.2, 0) is 21.2 Å². The van der Waals surface area contributed by atoms with Crippen LogP contribution < -0.4 is 9.62 Å². The summed E-state index contributed by atoms with van der Waals surface area (Å²) in [6.07, 6.45) is 3.16. The van der Waals surface area contributed by atoms with E-state index >= 15 is 0 Å². The lowest BCUT2D eigenvalue weighted by atomic mass is 10.1. The molecule has 6 heteroatoms. The molecule has 0 aliphatic carbocycles. The van der Waals surface area contributed by atoms with Crippen molar-refractivity contribution in [2.45, 2.75) is 45.2 Å². The molecule has 0 bridgehead atoms. The molecule has 0 fully saturated rings. The standard InChI is InChI=1S/C21H28N2O3S/c1-4-20(23(27(3,25)26)19-13-9-6-10-14-19)21(24)22-17(2)15-16-18-11-7-5-8-12-18/h5-14,17,20H,4,15-16H2,1-3H3,(H,22,24)/t17-,20+/m1/s1. The van der Waals surface area contributed by atoms with Crippen LogP contribution in [0.3, 0.4) is 0 Å². The van der Waals surface area contributed by atoms with Crippen molar-refractivity contribution >= 4 is 21.6 Å². The first-order chi connectivity index (χ1) is 12.8. The highest BCUT2D eigenvalue weighted by molar-refractivity contribution is 7.92. The normalized spacial score (nSPS) is 13.6. The van der Waals surface area contributed by atoms with Gasteiger partial charge in [-0.1, -0.05) is 55.5 Å². The van der Waals surface area contributed by atoms with E-state index in [9.17, 15) is 13.2 Å². The molecule has 0 radical (unpaired) electrons. The summed E-state index contributed by atoms with van der Waals surface area (Å²) in [4.78, 5) is 12.8. The van der Waals surface area contributed by atoms with E-state index in [0.717, 1.165) is 19.1 Å². The van der Waals surface area contributed by atoms with Crippen LogP contribution in [0.5, 0.6) is 0 Å². The van der Waals surface area contributed by atoms with Gasteiger partial charge in [0, 0.05) is 6.04 Å². The van der Waals surface area contributed by atoms with Crippen LogP contribution in [0.4, 0.5) is 5.69 Å². The first kappa shape index (κ1) is 21.0. The number of benzene rings is 2. The Labute approximate surface area is 162 Å². The molecule has 0 saturated heterocycles. The number of para-hydroxylation sites is 1. The van der Waals surface area contributed by atoms with Crippen molar-refractivity contribution in [2.24, 2.45) is 0 Å². The summed E-state index contributed by atoms with van der Waals surface area (Å²) in [5.74, 6) is -0.271. The Morgan fingerprint density at radius 1 is 1.04 bits per heavy atom. The SMILES string of the molecule is CC[C@@H](C(=O)N[C@H](C)CCc1ccccc1)N(c1ccccc1)S(C)(=O)=O. The molecule has 0 aliphatic heterocycles. The van der Waals surface area contributed by atoms with Gasteiger partial charge in [0.2, 0.25) is 15.9 Å². The Kier molecular flexibility index (Phi) is 7.42. The fourth-order valence-electron chi connectivity index (χ4n) is 3.07. The summed E-state index contributed by atoms with van der Waals surface area (Å²) in [5, 5.41) is 2.98. The minimum Gasteiger partial charge on any atom is -0.352 e. The van der Waals surface area contributed by atoms with Crippen LogP contribution in [0.2, 0.25) is 0 Å². The van der Waals surface area contributed by atoms with Crippen LogP contribution in [0.25, 0.3) is 0 Å². The van der Waals surface area contributed by atoms with Gasteiger partial charge < -0.3 is 5.32 Å². The lowest BCUT2D eigenvalue weighted by Crippen LogP contribution is -2.51. The van der Waals surface area contributed by atoms with Crippen LogP contribution in [0.1, 0.15) is 32.3 Å². The van der Waals surface area contributed by atoms with Crippen LogP contribution in [0, 0.1) is 0 Å². The number of hydrogen-bond acceptors (Lipinski definition) is 3. The summed E-state index contributed by atoms with van der Waals surface area (Å²) in [7, 11) is -3.59. The van der Waals surface area contributed by atoms with Crippen molar-refractivity contribution in [3.8, 4) is 0 Å². The second-order valence-electron chi connectivity index (χ2n) is 6.75. The Morgan fingerprint density at radius 2 is 1.59 bits per heavy atom. The number of carbonyl (C=O) groups excluding carboxylic acids is 1. The summed E-state index contributed by atoms with van der Waals surface area (Å²) >= 11 is 0. The summed E-state index contributed by atoms with van der Waals surface area (Å²) in [6, 6.07) is 18.0. The number of nitrogens with one attached hydrogen (secondary N) is 1. The van der Waals surface area contributed by atoms with E-state index in [0.29, 0.717) is 12.1 Å². The van der Waals surface area contributed by atoms with Crippen molar-refractivity contribution in [1.82, 2.24) is 5.32 Å². The maximum atomic E-state index is 12.8. The lowest BCUT2D eigenvalue weighted by molar-refractivity contribution is -0.122. The quantitative estimate of drug-likeness (QED) is 0.716. The number of anilines is 1. The van der Waals surface area contributed by atoms with Gasteiger partial charge in [-0.2, -0.15) is 0 Å². The molecule has 27 heavy (non-hydrogen) atoms. The Morgan fingerprint density at radius 3 is 2.11 bits per heavy atom. The number of amides is 1. The van der Waals surface area contributed by atoms with Crippen LogP contribution >= 0.6 is 0 Å². The first-order valence-electron chi connectivity index (χ1n) is 9.21. The number of sulfonamides is 1. The number of aryl methyl sites for hydroxylation is 1. The van der Waals surface area contributed by atoms with Crippen LogP contribution in [0.15, 0.2) is 60.7 Å². The lowest BCUT2D eigenvalue weighted by Gasteiger charge is -2.31. The maximum Gasteiger partial charge on any atom is 0.244 e. The number of carbonyl (C=O) groups is 1. The summed E-state index contributed by atoms with van der Waals surface area (Å²) in [5.41, 5.74) is 1.71. The highest BCUT2D eigenvalue weighted by Crippen LogP contribution is 2.22. The number of nitrogens with zero attached hydrogens (tertiary/aromatic N) is 1. The first-order valence-corrected chi connectivity index (χ1v) is 11.1. The van der Waals surface area contributed by atoms with E-state index in [4.69, 9.17) is 0 Å². The maximum absolute atomic E-state index is 12.8. The van der Waals surface area contributed by atoms with E-state index in [1.54, 1.807) is 24.3 Å². The predicted octanol–water partition coefficient (Wildman–Crippen LogP) is 3.37. The molecule has 5 nitrogen and oxygen atoms in total. The molecule has 1 N–H and O–H groups in total. The minimum atomic E-state index is -3.59. The molecule has 0 unspecified atom stereocenters. The molecule has 146 valence electrons. The number of hydrogen-bond donors (Lipinski definition) is 1. The topological polar surface area (TPSA) is 66.5 Å². The minimum absolute atomic E-state index is 0.0519. The van der Waals surface area contributed by atoms with Crippen LogP contribution in [-0.4, -0.2) is 32.7 Å². The predicted molar refractivity (Wildman–Crippen MR) is 110 cm³/mol. The molecule has 2 rings (SSSR count). The largest absolute Gasteiger partial charge is 0.352 e. The van der Waals surface area contributed by atoms with Gasteiger partial charge in [-0.3, -0.25) is 9.10 Å². The molecule has 2 aromatic rings. The smallest absolute Gasteiger partial charge is 0.244 e. The van der Waals surface area contributed by atoms with E-state index in [1.165, 1.54) is 9.87 Å². The molecule has 0 heterocycles. The number of rotatable bonds is 9. The third-order valence-corrected chi connectivity index (χ3v) is 5.62. The van der Waals surface area contributed by atoms with Gasteiger partial charge >= 0.3 is 0 Å². The van der Waals surface area contributed by atoms with Gasteiger partial charge in [0.25, 0.3) is 0 Å². The fraction of sp³-hybridized carbons (Fsp3) is 0.381. The van der Waals surface area contributed by atoms with Gasteiger partial charge in [0.1, 0.15) is 6.04 Å². The molecule has 2 aromatic carbocycles. The van der Waals surface area contributed by atoms with Gasteiger partial charge in [-0.05, 0) is 43.9 Å². The fourth-order valence-corrected chi connectivity index (χ4v) is 4.29. The molecule has 0 aromatic heterocycles. The van der Waals surface area contributed by atoms with E-state index in [-0.39, 0.29) is 11.9 Å². The summed E-state index contributed by atoms with van der Waals surface area (Å²) < 4.78 is 26.0. The van der Waals surface area contributed by atoms with E-state index < -0.39 is 16.1 Å². The van der Waals surface area contributed by atoms with E-state index in [1.807, 2.05) is 38.1 Å². The second kappa shape index (κ2) is 9.55. The molecular weight excluding hydrogens is 360 g/mol. The van der Waals surface area contributed by atoms with E-state index in [2.05, 4.69) is 17.4 Å². The average molecular weight is 389 g/mol. The third-order valence-electron chi connectivity index (χ3n) is 4.44. The zero-order valence-electron chi connectivity index (χ0n) is 16.1. The zero-order valence-corrected chi connectivity index (χ0v) is 16.9.